The third-order valence-corrected chi connectivity index (χ3v) is 4.40. The van der Waals surface area contributed by atoms with Gasteiger partial charge in [0.1, 0.15) is 18.1 Å². The molecule has 0 aliphatic carbocycles. The zero-order valence-electron chi connectivity index (χ0n) is 15.2. The molecule has 152 valence electrons. The number of halogens is 2. The number of nitro groups is 1. The normalized spacial score (nSPS) is 10.3. The van der Waals surface area contributed by atoms with Gasteiger partial charge in [0.25, 0.3) is 10.5 Å². The van der Waals surface area contributed by atoms with E-state index in [4.69, 9.17) is 32.7 Å². The maximum atomic E-state index is 11.5. The number of rotatable bonds is 8. The summed E-state index contributed by atoms with van der Waals surface area (Å²) in [5.74, 6) is 0.295. The summed E-state index contributed by atoms with van der Waals surface area (Å²) in [5.41, 5.74) is 0.623. The molecule has 0 aromatic heterocycles. The summed E-state index contributed by atoms with van der Waals surface area (Å²) in [7, 11) is 0. The van der Waals surface area contributed by atoms with Crippen LogP contribution >= 0.6 is 23.2 Å². The van der Waals surface area contributed by atoms with E-state index in [0.717, 1.165) is 5.56 Å². The van der Waals surface area contributed by atoms with Crippen molar-refractivity contribution in [3.8, 4) is 17.2 Å². The van der Waals surface area contributed by atoms with Crippen molar-refractivity contribution in [1.82, 2.24) is 0 Å². The lowest BCUT2D eigenvalue weighted by molar-refractivity contribution is -0.386. The van der Waals surface area contributed by atoms with Gasteiger partial charge in [-0.2, -0.15) is 0 Å². The third-order valence-electron chi connectivity index (χ3n) is 3.96. The Kier molecular flexibility index (Phi) is 6.66. The number of carbonyl (C=O) groups is 2. The molecular formula is C21H13Cl2NO6. The molecule has 3 aromatic carbocycles. The Morgan fingerprint density at radius 2 is 1.50 bits per heavy atom. The van der Waals surface area contributed by atoms with Crippen LogP contribution in [0.5, 0.6) is 17.2 Å². The molecule has 0 aliphatic heterocycles. The molecule has 0 radical (unpaired) electrons. The molecule has 0 saturated carbocycles. The van der Waals surface area contributed by atoms with E-state index in [0.29, 0.717) is 0 Å². The van der Waals surface area contributed by atoms with Crippen molar-refractivity contribution in [1.29, 1.82) is 0 Å². The van der Waals surface area contributed by atoms with Gasteiger partial charge in [0, 0.05) is 23.3 Å². The van der Waals surface area contributed by atoms with E-state index in [-0.39, 0.29) is 40.7 Å². The van der Waals surface area contributed by atoms with E-state index in [1.165, 1.54) is 36.4 Å². The molecule has 30 heavy (non-hydrogen) atoms. The summed E-state index contributed by atoms with van der Waals surface area (Å²) in [5, 5.41) is 9.73. The largest absolute Gasteiger partial charge is 0.482 e. The maximum absolute atomic E-state index is 11.5. The first kappa shape index (κ1) is 21.3. The summed E-state index contributed by atoms with van der Waals surface area (Å²) in [6.45, 7) is 0.117. The van der Waals surface area contributed by atoms with Gasteiger partial charge in [0.15, 0.2) is 0 Å². The van der Waals surface area contributed by atoms with Gasteiger partial charge in [-0.1, -0.05) is 30.3 Å². The number of carbonyl (C=O) groups excluding carboxylic acids is 2. The lowest BCUT2D eigenvalue weighted by Gasteiger charge is -2.11. The average Bonchev–Trinajstić information content (AvgIpc) is 2.72. The fourth-order valence-corrected chi connectivity index (χ4v) is 2.80. The van der Waals surface area contributed by atoms with Gasteiger partial charge in [-0.25, -0.2) is 0 Å². The van der Waals surface area contributed by atoms with Crippen molar-refractivity contribution in [2.45, 2.75) is 6.61 Å². The van der Waals surface area contributed by atoms with E-state index in [9.17, 15) is 19.7 Å². The minimum atomic E-state index is -0.796. The molecule has 0 amide bonds. The fraction of sp³-hybridized carbons (Fsp3) is 0.0476. The molecule has 9 heteroatoms. The number of hydrogen-bond donors (Lipinski definition) is 0. The number of benzene rings is 3. The molecular weight excluding hydrogens is 433 g/mol. The van der Waals surface area contributed by atoms with E-state index in [1.807, 2.05) is 30.3 Å². The topological polar surface area (TPSA) is 95.7 Å². The van der Waals surface area contributed by atoms with Gasteiger partial charge in [-0.15, -0.1) is 0 Å². The van der Waals surface area contributed by atoms with Crippen molar-refractivity contribution in [3.05, 3.63) is 93.5 Å². The number of nitrogens with zero attached hydrogens (tertiary/aromatic N) is 1. The summed E-state index contributed by atoms with van der Waals surface area (Å²) in [6, 6.07) is 17.0. The predicted molar refractivity (Wildman–Crippen MR) is 111 cm³/mol. The molecule has 0 bridgehead atoms. The Morgan fingerprint density at radius 1 is 0.867 bits per heavy atom. The lowest BCUT2D eigenvalue weighted by atomic mass is 10.1. The van der Waals surface area contributed by atoms with E-state index >= 15 is 0 Å². The molecule has 0 saturated heterocycles. The first-order valence-corrected chi connectivity index (χ1v) is 9.27. The van der Waals surface area contributed by atoms with Crippen LogP contribution < -0.4 is 9.47 Å². The quantitative estimate of drug-likeness (QED) is 0.249. The van der Waals surface area contributed by atoms with Crippen LogP contribution in [-0.2, 0) is 6.61 Å². The van der Waals surface area contributed by atoms with Gasteiger partial charge in [0.05, 0.1) is 4.92 Å². The molecule has 0 heterocycles. The van der Waals surface area contributed by atoms with E-state index < -0.39 is 15.4 Å². The molecule has 0 aliphatic rings. The SMILES string of the molecule is O=C(Cl)c1cc(Oc2ccc([N+](=O)[O-])c(OCc3ccccc3)c2)cc(C(=O)Cl)c1. The number of ether oxygens (including phenoxy) is 2. The minimum absolute atomic E-state index is 0.000398. The van der Waals surface area contributed by atoms with Crippen LogP contribution in [0, 0.1) is 10.1 Å². The number of hydrogen-bond acceptors (Lipinski definition) is 6. The van der Waals surface area contributed by atoms with Crippen LogP contribution in [0.15, 0.2) is 66.7 Å². The first-order valence-electron chi connectivity index (χ1n) is 8.51. The highest BCUT2D eigenvalue weighted by molar-refractivity contribution is 6.69. The van der Waals surface area contributed by atoms with Crippen LogP contribution in [-0.4, -0.2) is 15.4 Å². The van der Waals surface area contributed by atoms with Crippen molar-refractivity contribution >= 4 is 39.4 Å². The molecule has 0 unspecified atom stereocenters. The Morgan fingerprint density at radius 3 is 2.07 bits per heavy atom. The zero-order chi connectivity index (χ0) is 21.7. The highest BCUT2D eigenvalue weighted by Crippen LogP contribution is 2.34. The maximum Gasteiger partial charge on any atom is 0.311 e. The van der Waals surface area contributed by atoms with Crippen LogP contribution in [0.3, 0.4) is 0 Å². The molecule has 3 rings (SSSR count). The van der Waals surface area contributed by atoms with Crippen molar-refractivity contribution in [2.24, 2.45) is 0 Å². The molecule has 7 nitrogen and oxygen atoms in total. The average molecular weight is 446 g/mol. The fourth-order valence-electron chi connectivity index (χ4n) is 2.58. The Bertz CT molecular complexity index is 1090. The first-order chi connectivity index (χ1) is 14.3. The molecule has 0 fully saturated rings. The highest BCUT2D eigenvalue weighted by Gasteiger charge is 2.18. The van der Waals surface area contributed by atoms with E-state index in [1.54, 1.807) is 0 Å². The molecule has 0 spiro atoms. The van der Waals surface area contributed by atoms with Gasteiger partial charge >= 0.3 is 5.69 Å². The zero-order valence-corrected chi connectivity index (χ0v) is 16.7. The van der Waals surface area contributed by atoms with Crippen molar-refractivity contribution in [2.75, 3.05) is 0 Å². The summed E-state index contributed by atoms with van der Waals surface area (Å²) in [6.07, 6.45) is 0. The smallest absolute Gasteiger partial charge is 0.311 e. The summed E-state index contributed by atoms with van der Waals surface area (Å²) in [4.78, 5) is 33.7. The van der Waals surface area contributed by atoms with E-state index in [2.05, 4.69) is 0 Å². The van der Waals surface area contributed by atoms with Gasteiger partial charge in [-0.3, -0.25) is 19.7 Å². The minimum Gasteiger partial charge on any atom is -0.482 e. The van der Waals surface area contributed by atoms with Crippen LogP contribution in [0.2, 0.25) is 0 Å². The standard InChI is InChI=1S/C21H13Cl2NO6/c22-20(25)14-8-15(21(23)26)10-17(9-14)30-16-6-7-18(24(27)28)19(11-16)29-12-13-4-2-1-3-5-13/h1-11H,12H2. The second kappa shape index (κ2) is 9.39. The van der Waals surface area contributed by atoms with Gasteiger partial charge in [0.2, 0.25) is 5.75 Å². The second-order valence-electron chi connectivity index (χ2n) is 6.06. The van der Waals surface area contributed by atoms with Gasteiger partial charge in [-0.05, 0) is 53.0 Å². The Balaban J connectivity index is 1.90. The molecule has 0 N–H and O–H groups in total. The monoisotopic (exact) mass is 445 g/mol. The predicted octanol–water partition coefficient (Wildman–Crippen LogP) is 5.72. The lowest BCUT2D eigenvalue weighted by Crippen LogP contribution is -2.00. The van der Waals surface area contributed by atoms with Crippen molar-refractivity contribution in [3.63, 3.8) is 0 Å². The second-order valence-corrected chi connectivity index (χ2v) is 6.74. The van der Waals surface area contributed by atoms with Crippen LogP contribution in [0.4, 0.5) is 5.69 Å². The number of nitro benzene ring substituents is 1. The summed E-state index contributed by atoms with van der Waals surface area (Å²) >= 11 is 11.0. The molecule has 0 atom stereocenters. The Hall–Kier alpha value is -3.42. The highest BCUT2D eigenvalue weighted by atomic mass is 35.5. The van der Waals surface area contributed by atoms with Crippen molar-refractivity contribution < 1.29 is 24.0 Å². The molecule has 3 aromatic rings. The van der Waals surface area contributed by atoms with Gasteiger partial charge < -0.3 is 9.47 Å². The summed E-state index contributed by atoms with van der Waals surface area (Å²) < 4.78 is 11.3. The van der Waals surface area contributed by atoms with Crippen LogP contribution in [0.1, 0.15) is 26.3 Å². The van der Waals surface area contributed by atoms with Crippen LogP contribution in [0.25, 0.3) is 0 Å². The third kappa shape index (κ3) is 5.34. The Labute approximate surface area is 180 Å².